The van der Waals surface area contributed by atoms with E-state index in [0.29, 0.717) is 25.7 Å². The van der Waals surface area contributed by atoms with Gasteiger partial charge in [0.05, 0.1) is 12.2 Å². The second-order valence-electron chi connectivity index (χ2n) is 5.56. The Morgan fingerprint density at radius 3 is 2.58 bits per heavy atom. The molecule has 2 saturated heterocycles. The van der Waals surface area contributed by atoms with Gasteiger partial charge in [0.2, 0.25) is 0 Å². The van der Waals surface area contributed by atoms with E-state index in [1.165, 1.54) is 10.7 Å². The number of hydrogen-bond donors (Lipinski definition) is 2. The SMILES string of the molecule is CC1CN(S(=O)(=O)NCC[C@@H]2CCCN2)CC(C)O1. The molecule has 0 aromatic rings. The maximum atomic E-state index is 12.2. The highest BCUT2D eigenvalue weighted by Gasteiger charge is 2.30. The standard InChI is InChI=1S/C12H25N3O3S/c1-10-8-15(9-11(2)18-10)19(16,17)14-7-5-12-4-3-6-13-12/h10-14H,3-9H2,1-2H3/t10?,11?,12-/m0/s1. The van der Waals surface area contributed by atoms with Crippen molar-refractivity contribution in [2.45, 2.75) is 51.4 Å². The summed E-state index contributed by atoms with van der Waals surface area (Å²) in [5, 5.41) is 3.37. The first kappa shape index (κ1) is 15.2. The summed E-state index contributed by atoms with van der Waals surface area (Å²) in [6.07, 6.45) is 3.10. The number of morpholine rings is 1. The van der Waals surface area contributed by atoms with Gasteiger partial charge in [-0.05, 0) is 39.7 Å². The topological polar surface area (TPSA) is 70.7 Å². The molecule has 2 heterocycles. The molecule has 0 aromatic heterocycles. The lowest BCUT2D eigenvalue weighted by Gasteiger charge is -2.34. The molecular weight excluding hydrogens is 266 g/mol. The molecular formula is C12H25N3O3S. The zero-order valence-corrected chi connectivity index (χ0v) is 12.6. The molecule has 2 aliphatic heterocycles. The fourth-order valence-corrected chi connectivity index (χ4v) is 4.15. The van der Waals surface area contributed by atoms with Gasteiger partial charge in [0.15, 0.2) is 0 Å². The van der Waals surface area contributed by atoms with Gasteiger partial charge in [-0.3, -0.25) is 0 Å². The summed E-state index contributed by atoms with van der Waals surface area (Å²) in [4.78, 5) is 0. The predicted molar refractivity (Wildman–Crippen MR) is 74.1 cm³/mol. The van der Waals surface area contributed by atoms with Crippen LogP contribution in [0.15, 0.2) is 0 Å². The Bertz CT molecular complexity index is 372. The molecule has 112 valence electrons. The van der Waals surface area contributed by atoms with Gasteiger partial charge in [-0.25, -0.2) is 4.72 Å². The zero-order chi connectivity index (χ0) is 13.9. The van der Waals surface area contributed by atoms with Crippen molar-refractivity contribution >= 4 is 10.2 Å². The van der Waals surface area contributed by atoms with Crippen LogP contribution in [0.4, 0.5) is 0 Å². The highest BCUT2D eigenvalue weighted by molar-refractivity contribution is 7.87. The summed E-state index contributed by atoms with van der Waals surface area (Å²) in [6, 6.07) is 0.463. The van der Waals surface area contributed by atoms with E-state index in [9.17, 15) is 8.42 Å². The van der Waals surface area contributed by atoms with E-state index in [-0.39, 0.29) is 12.2 Å². The fourth-order valence-electron chi connectivity index (χ4n) is 2.78. The molecule has 7 heteroatoms. The maximum absolute atomic E-state index is 12.2. The Kier molecular flexibility index (Phi) is 5.19. The van der Waals surface area contributed by atoms with Crippen molar-refractivity contribution in [3.05, 3.63) is 0 Å². The van der Waals surface area contributed by atoms with E-state index in [4.69, 9.17) is 4.74 Å². The van der Waals surface area contributed by atoms with Gasteiger partial charge in [-0.2, -0.15) is 12.7 Å². The normalized spacial score (nSPS) is 33.7. The van der Waals surface area contributed by atoms with Crippen LogP contribution in [0.3, 0.4) is 0 Å². The van der Waals surface area contributed by atoms with Gasteiger partial charge in [0, 0.05) is 25.7 Å². The molecule has 0 amide bonds. The Hall–Kier alpha value is -0.210. The summed E-state index contributed by atoms with van der Waals surface area (Å²) in [7, 11) is -3.37. The fraction of sp³-hybridized carbons (Fsp3) is 1.00. The van der Waals surface area contributed by atoms with E-state index in [1.807, 2.05) is 13.8 Å². The third-order valence-corrected chi connectivity index (χ3v) is 5.21. The molecule has 0 aromatic carbocycles. The van der Waals surface area contributed by atoms with Crippen molar-refractivity contribution in [3.63, 3.8) is 0 Å². The molecule has 2 aliphatic rings. The molecule has 2 fully saturated rings. The number of rotatable bonds is 5. The summed E-state index contributed by atoms with van der Waals surface area (Å²) in [6.45, 7) is 6.22. The average Bonchev–Trinajstić information content (AvgIpc) is 2.80. The monoisotopic (exact) mass is 291 g/mol. The average molecular weight is 291 g/mol. The molecule has 3 atom stereocenters. The Morgan fingerprint density at radius 1 is 1.32 bits per heavy atom. The molecule has 2 rings (SSSR count). The first-order valence-corrected chi connectivity index (χ1v) is 8.55. The van der Waals surface area contributed by atoms with E-state index in [1.54, 1.807) is 0 Å². The van der Waals surface area contributed by atoms with Crippen LogP contribution in [0.25, 0.3) is 0 Å². The maximum Gasteiger partial charge on any atom is 0.279 e. The second-order valence-corrected chi connectivity index (χ2v) is 7.31. The van der Waals surface area contributed by atoms with Crippen LogP contribution in [0, 0.1) is 0 Å². The van der Waals surface area contributed by atoms with Crippen molar-refractivity contribution in [1.82, 2.24) is 14.3 Å². The molecule has 2 unspecified atom stereocenters. The molecule has 0 radical (unpaired) electrons. The molecule has 19 heavy (non-hydrogen) atoms. The minimum atomic E-state index is -3.37. The van der Waals surface area contributed by atoms with Crippen molar-refractivity contribution < 1.29 is 13.2 Å². The summed E-state index contributed by atoms with van der Waals surface area (Å²) in [5.74, 6) is 0. The molecule has 0 spiro atoms. The molecule has 0 bridgehead atoms. The highest BCUT2D eigenvalue weighted by atomic mass is 32.2. The lowest BCUT2D eigenvalue weighted by molar-refractivity contribution is -0.0443. The lowest BCUT2D eigenvalue weighted by Crippen LogP contribution is -2.52. The van der Waals surface area contributed by atoms with E-state index in [0.717, 1.165) is 19.4 Å². The van der Waals surface area contributed by atoms with E-state index in [2.05, 4.69) is 10.0 Å². The number of hydrogen-bond acceptors (Lipinski definition) is 4. The summed E-state index contributed by atoms with van der Waals surface area (Å²) in [5.41, 5.74) is 0. The highest BCUT2D eigenvalue weighted by Crippen LogP contribution is 2.14. The Morgan fingerprint density at radius 2 is 2.00 bits per heavy atom. The van der Waals surface area contributed by atoms with Crippen molar-refractivity contribution in [1.29, 1.82) is 0 Å². The smallest absolute Gasteiger partial charge is 0.279 e. The zero-order valence-electron chi connectivity index (χ0n) is 11.8. The number of nitrogens with zero attached hydrogens (tertiary/aromatic N) is 1. The largest absolute Gasteiger partial charge is 0.373 e. The van der Waals surface area contributed by atoms with Crippen molar-refractivity contribution in [2.75, 3.05) is 26.2 Å². The van der Waals surface area contributed by atoms with Crippen LogP contribution in [-0.2, 0) is 14.9 Å². The number of ether oxygens (including phenoxy) is 1. The lowest BCUT2D eigenvalue weighted by atomic mass is 10.2. The van der Waals surface area contributed by atoms with Gasteiger partial charge in [-0.15, -0.1) is 0 Å². The Labute approximate surface area is 116 Å². The quantitative estimate of drug-likeness (QED) is 0.752. The van der Waals surface area contributed by atoms with Gasteiger partial charge in [0.1, 0.15) is 0 Å². The van der Waals surface area contributed by atoms with Crippen molar-refractivity contribution in [3.8, 4) is 0 Å². The van der Waals surface area contributed by atoms with Gasteiger partial charge in [0.25, 0.3) is 10.2 Å². The van der Waals surface area contributed by atoms with Crippen molar-refractivity contribution in [2.24, 2.45) is 0 Å². The van der Waals surface area contributed by atoms with E-state index >= 15 is 0 Å². The first-order chi connectivity index (χ1) is 8.97. The summed E-state index contributed by atoms with van der Waals surface area (Å²) < 4.78 is 34.1. The van der Waals surface area contributed by atoms with Gasteiger partial charge < -0.3 is 10.1 Å². The van der Waals surface area contributed by atoms with Crippen LogP contribution in [0.1, 0.15) is 33.1 Å². The van der Waals surface area contributed by atoms with Crippen LogP contribution >= 0.6 is 0 Å². The molecule has 0 saturated carbocycles. The third-order valence-electron chi connectivity index (χ3n) is 3.67. The van der Waals surface area contributed by atoms with Gasteiger partial charge >= 0.3 is 0 Å². The third kappa shape index (κ3) is 4.39. The summed E-state index contributed by atoms with van der Waals surface area (Å²) >= 11 is 0. The first-order valence-electron chi connectivity index (χ1n) is 7.11. The van der Waals surface area contributed by atoms with Crippen LogP contribution in [-0.4, -0.2) is 57.2 Å². The molecule has 2 N–H and O–H groups in total. The number of nitrogens with one attached hydrogen (secondary N) is 2. The van der Waals surface area contributed by atoms with Crippen LogP contribution in [0.2, 0.25) is 0 Å². The van der Waals surface area contributed by atoms with E-state index < -0.39 is 10.2 Å². The van der Waals surface area contributed by atoms with Gasteiger partial charge in [-0.1, -0.05) is 0 Å². The molecule has 0 aliphatic carbocycles. The van der Waals surface area contributed by atoms with Crippen LogP contribution < -0.4 is 10.0 Å². The minimum absolute atomic E-state index is 0.0446. The van der Waals surface area contributed by atoms with Crippen LogP contribution in [0.5, 0.6) is 0 Å². The Balaban J connectivity index is 1.80. The minimum Gasteiger partial charge on any atom is -0.373 e. The molecule has 6 nitrogen and oxygen atoms in total. The second kappa shape index (κ2) is 6.49. The predicted octanol–water partition coefficient (Wildman–Crippen LogP) is 0.0721.